The second-order valence-electron chi connectivity index (χ2n) is 5.16. The van der Waals surface area contributed by atoms with E-state index >= 15 is 0 Å². The first-order chi connectivity index (χ1) is 9.12. The van der Waals surface area contributed by atoms with Gasteiger partial charge in [0.2, 0.25) is 0 Å². The highest BCUT2D eigenvalue weighted by Crippen LogP contribution is 2.24. The molecule has 20 heavy (non-hydrogen) atoms. The lowest BCUT2D eigenvalue weighted by molar-refractivity contribution is 0.0326. The van der Waals surface area contributed by atoms with Crippen molar-refractivity contribution in [2.75, 3.05) is 27.2 Å². The van der Waals surface area contributed by atoms with Crippen molar-refractivity contribution < 1.29 is 14.3 Å². The number of nitrogens with one attached hydrogen (secondary N) is 1. The Morgan fingerprint density at radius 2 is 2.00 bits per heavy atom. The largest absolute Gasteiger partial charge is 0.387 e. The highest BCUT2D eigenvalue weighted by atomic mass is 35.5. The smallest absolute Gasteiger partial charge is 0.253 e. The molecule has 1 atom stereocenters. The Hall–Kier alpha value is -0.880. The maximum Gasteiger partial charge on any atom is 0.253 e. The van der Waals surface area contributed by atoms with E-state index in [1.165, 1.54) is 6.07 Å². The average Bonchev–Trinajstić information content (AvgIpc) is 2.29. The van der Waals surface area contributed by atoms with Gasteiger partial charge in [0.25, 0.3) is 5.91 Å². The van der Waals surface area contributed by atoms with Crippen molar-refractivity contribution in [3.8, 4) is 0 Å². The van der Waals surface area contributed by atoms with Gasteiger partial charge in [0.1, 0.15) is 5.82 Å². The summed E-state index contributed by atoms with van der Waals surface area (Å²) in [6, 6.07) is 2.14. The molecule has 1 unspecified atom stereocenters. The predicted molar refractivity (Wildman–Crippen MR) is 77.9 cm³/mol. The molecule has 2 N–H and O–H groups in total. The zero-order chi connectivity index (χ0) is 15.5. The van der Waals surface area contributed by atoms with E-state index in [2.05, 4.69) is 5.32 Å². The first-order valence-electron chi connectivity index (χ1n) is 5.92. The van der Waals surface area contributed by atoms with Gasteiger partial charge >= 0.3 is 0 Å². The molecule has 0 fully saturated rings. The van der Waals surface area contributed by atoms with E-state index in [4.69, 9.17) is 23.2 Å². The molecule has 1 aromatic carbocycles. The Morgan fingerprint density at radius 1 is 1.40 bits per heavy atom. The minimum atomic E-state index is -1.10. The molecule has 0 aliphatic carbocycles. The lowest BCUT2D eigenvalue weighted by Gasteiger charge is -2.27. The molecule has 0 heterocycles. The molecule has 0 saturated carbocycles. The van der Waals surface area contributed by atoms with Crippen LogP contribution in [0, 0.1) is 5.82 Å². The predicted octanol–water partition coefficient (Wildman–Crippen LogP) is 2.17. The van der Waals surface area contributed by atoms with Crippen LogP contribution in [-0.2, 0) is 0 Å². The first kappa shape index (κ1) is 17.2. The summed E-state index contributed by atoms with van der Waals surface area (Å²) < 4.78 is 13.3. The zero-order valence-corrected chi connectivity index (χ0v) is 13.0. The van der Waals surface area contributed by atoms with Crippen molar-refractivity contribution >= 4 is 29.1 Å². The molecule has 1 aromatic rings. The summed E-state index contributed by atoms with van der Waals surface area (Å²) in [7, 11) is 3.61. The van der Waals surface area contributed by atoms with Gasteiger partial charge in [0.15, 0.2) is 0 Å². The van der Waals surface area contributed by atoms with Crippen molar-refractivity contribution in [2.45, 2.75) is 12.5 Å². The number of carbonyl (C=O) groups excluding carboxylic acids is 1. The van der Waals surface area contributed by atoms with Gasteiger partial charge < -0.3 is 15.3 Å². The standard InChI is InChI=1S/C13H17Cl2FN2O2/c1-13(20,7-18(2)3)6-17-12(19)8-4-11(16)10(15)5-9(8)14/h4-5,20H,6-7H2,1-3H3,(H,17,19). The fourth-order valence-corrected chi connectivity index (χ4v) is 2.27. The molecule has 112 valence electrons. The maximum atomic E-state index is 13.3. The fraction of sp³-hybridized carbons (Fsp3) is 0.462. The molecule has 0 aromatic heterocycles. The van der Waals surface area contributed by atoms with Crippen molar-refractivity contribution in [2.24, 2.45) is 0 Å². The average molecular weight is 323 g/mol. The van der Waals surface area contributed by atoms with E-state index in [0.717, 1.165) is 6.07 Å². The molecule has 7 heteroatoms. The number of aliphatic hydroxyl groups is 1. The van der Waals surface area contributed by atoms with Gasteiger partial charge in [-0.1, -0.05) is 23.2 Å². The quantitative estimate of drug-likeness (QED) is 0.817. The summed E-state index contributed by atoms with van der Waals surface area (Å²) in [4.78, 5) is 13.7. The number of benzene rings is 1. The number of rotatable bonds is 5. The van der Waals surface area contributed by atoms with Crippen LogP contribution in [0.25, 0.3) is 0 Å². The van der Waals surface area contributed by atoms with Crippen molar-refractivity contribution in [3.05, 3.63) is 33.6 Å². The van der Waals surface area contributed by atoms with Crippen LogP contribution in [0.2, 0.25) is 10.0 Å². The van der Waals surface area contributed by atoms with Gasteiger partial charge in [-0.15, -0.1) is 0 Å². The van der Waals surface area contributed by atoms with Crippen LogP contribution in [0.15, 0.2) is 12.1 Å². The van der Waals surface area contributed by atoms with Crippen molar-refractivity contribution in [1.29, 1.82) is 0 Å². The molecule has 0 aliphatic rings. The van der Waals surface area contributed by atoms with E-state index in [1.807, 2.05) is 14.1 Å². The number of carbonyl (C=O) groups is 1. The van der Waals surface area contributed by atoms with Crippen LogP contribution in [0.1, 0.15) is 17.3 Å². The lowest BCUT2D eigenvalue weighted by atomic mass is 10.1. The van der Waals surface area contributed by atoms with Gasteiger partial charge in [-0.3, -0.25) is 4.79 Å². The minimum Gasteiger partial charge on any atom is -0.387 e. The summed E-state index contributed by atoms with van der Waals surface area (Å²) in [5.41, 5.74) is -1.12. The molecule has 4 nitrogen and oxygen atoms in total. The topological polar surface area (TPSA) is 52.6 Å². The summed E-state index contributed by atoms with van der Waals surface area (Å²) in [6.45, 7) is 1.98. The summed E-state index contributed by atoms with van der Waals surface area (Å²) in [6.07, 6.45) is 0. The van der Waals surface area contributed by atoms with Crippen LogP contribution in [0.5, 0.6) is 0 Å². The molecule has 0 saturated heterocycles. The van der Waals surface area contributed by atoms with Gasteiger partial charge in [-0.2, -0.15) is 0 Å². The number of hydrogen-bond donors (Lipinski definition) is 2. The number of nitrogens with zero attached hydrogens (tertiary/aromatic N) is 1. The second-order valence-corrected chi connectivity index (χ2v) is 5.98. The monoisotopic (exact) mass is 322 g/mol. The van der Waals surface area contributed by atoms with Crippen molar-refractivity contribution in [3.63, 3.8) is 0 Å². The lowest BCUT2D eigenvalue weighted by Crippen LogP contribution is -2.47. The van der Waals surface area contributed by atoms with E-state index in [-0.39, 0.29) is 22.2 Å². The van der Waals surface area contributed by atoms with Crippen LogP contribution in [0.4, 0.5) is 4.39 Å². The Bertz CT molecular complexity index is 507. The summed E-state index contributed by atoms with van der Waals surface area (Å²) in [5.74, 6) is -1.29. The third-order valence-corrected chi connectivity index (χ3v) is 3.14. The number of amides is 1. The van der Waals surface area contributed by atoms with E-state index in [1.54, 1.807) is 11.8 Å². The van der Waals surface area contributed by atoms with Gasteiger partial charge in [0.05, 0.1) is 21.2 Å². The van der Waals surface area contributed by atoms with E-state index in [9.17, 15) is 14.3 Å². The van der Waals surface area contributed by atoms with Gasteiger partial charge in [-0.05, 0) is 33.2 Å². The highest BCUT2D eigenvalue weighted by molar-refractivity contribution is 6.36. The molecule has 1 amide bonds. The van der Waals surface area contributed by atoms with Crippen LogP contribution >= 0.6 is 23.2 Å². The van der Waals surface area contributed by atoms with E-state index in [0.29, 0.717) is 6.54 Å². The van der Waals surface area contributed by atoms with Gasteiger partial charge in [-0.25, -0.2) is 4.39 Å². The maximum absolute atomic E-state index is 13.3. The highest BCUT2D eigenvalue weighted by Gasteiger charge is 2.23. The number of likely N-dealkylation sites (N-methyl/N-ethyl adjacent to an activating group) is 1. The molecule has 0 aliphatic heterocycles. The number of halogens is 3. The molecule has 0 spiro atoms. The van der Waals surface area contributed by atoms with Crippen molar-refractivity contribution in [1.82, 2.24) is 10.2 Å². The molecule has 1 rings (SSSR count). The van der Waals surface area contributed by atoms with E-state index < -0.39 is 17.3 Å². The molecular formula is C13H17Cl2FN2O2. The Morgan fingerprint density at radius 3 is 2.55 bits per heavy atom. The fourth-order valence-electron chi connectivity index (χ4n) is 1.80. The summed E-state index contributed by atoms with van der Waals surface area (Å²) in [5, 5.41) is 12.5. The summed E-state index contributed by atoms with van der Waals surface area (Å²) >= 11 is 11.4. The third-order valence-electron chi connectivity index (χ3n) is 2.54. The second kappa shape index (κ2) is 6.72. The number of hydrogen-bond acceptors (Lipinski definition) is 3. The Kier molecular flexibility index (Phi) is 5.77. The normalized spacial score (nSPS) is 14.2. The Balaban J connectivity index is 2.75. The van der Waals surface area contributed by atoms with Crippen LogP contribution in [0.3, 0.4) is 0 Å². The van der Waals surface area contributed by atoms with Crippen LogP contribution < -0.4 is 5.32 Å². The van der Waals surface area contributed by atoms with Crippen LogP contribution in [-0.4, -0.2) is 48.7 Å². The molecule has 0 radical (unpaired) electrons. The Labute approximate surface area is 127 Å². The molecular weight excluding hydrogens is 306 g/mol. The SMILES string of the molecule is CN(C)CC(C)(O)CNC(=O)c1cc(F)c(Cl)cc1Cl. The minimum absolute atomic E-state index is 0.0184. The first-order valence-corrected chi connectivity index (χ1v) is 6.68. The molecule has 0 bridgehead atoms. The van der Waals surface area contributed by atoms with Gasteiger partial charge in [0, 0.05) is 13.1 Å². The zero-order valence-electron chi connectivity index (χ0n) is 11.5. The third kappa shape index (κ3) is 4.90.